The van der Waals surface area contributed by atoms with Crippen LogP contribution in [0.3, 0.4) is 0 Å². The van der Waals surface area contributed by atoms with Crippen LogP contribution in [-0.4, -0.2) is 20.6 Å². The van der Waals surface area contributed by atoms with E-state index in [1.807, 2.05) is 30.3 Å². The molecule has 0 amide bonds. The van der Waals surface area contributed by atoms with E-state index < -0.39 is 6.17 Å². The summed E-state index contributed by atoms with van der Waals surface area (Å²) in [6.07, 6.45) is -0.483. The maximum atomic E-state index is 6.97. The Morgan fingerprint density at radius 1 is 0.444 bits per heavy atom. The van der Waals surface area contributed by atoms with E-state index in [1.54, 1.807) is 0 Å². The van der Waals surface area contributed by atoms with Crippen molar-refractivity contribution >= 4 is 93.5 Å². The van der Waals surface area contributed by atoms with Crippen molar-refractivity contribution in [2.45, 2.75) is 6.17 Å². The van der Waals surface area contributed by atoms with Crippen LogP contribution in [0.2, 0.25) is 0 Å². The average Bonchev–Trinajstić information content (AvgIpc) is 4.10. The standard InChI is InChI=1S/C57H35N5O/c1-3-14-34(15-4-1)35-26-28-37(29-27-35)56-58-55(36-16-5-2-6-17-36)59-57(60-56)43-30-31-48(52-42-20-9-12-25-51(42)63-54(43)52)61-46-23-10-8-19-39(46)44-32-45-41-22-13-21-40-38-18-7-11-24-47(38)62(53(40)41)50(45)33-49(44)61/h1-33,57H,(H,58,59,60). The molecule has 6 nitrogen and oxygen atoms in total. The van der Waals surface area contributed by atoms with Crippen molar-refractivity contribution < 1.29 is 4.42 Å². The fraction of sp³-hybridized carbons (Fsp3) is 0.0175. The number of rotatable bonds is 5. The van der Waals surface area contributed by atoms with Crippen molar-refractivity contribution in [2.75, 3.05) is 0 Å². The minimum atomic E-state index is -0.483. The lowest BCUT2D eigenvalue weighted by Crippen LogP contribution is -2.33. The van der Waals surface area contributed by atoms with E-state index in [1.165, 1.54) is 54.4 Å². The third-order valence-electron chi connectivity index (χ3n) is 13.1. The second-order valence-electron chi connectivity index (χ2n) is 16.5. The van der Waals surface area contributed by atoms with Crippen molar-refractivity contribution in [3.05, 3.63) is 217 Å². The van der Waals surface area contributed by atoms with E-state index in [4.69, 9.17) is 14.4 Å². The number of hydrogen-bond acceptors (Lipinski definition) is 4. The third-order valence-corrected chi connectivity index (χ3v) is 13.1. The maximum absolute atomic E-state index is 6.97. The molecule has 5 heterocycles. The van der Waals surface area contributed by atoms with Gasteiger partial charge in [0.15, 0.2) is 12.0 Å². The first kappa shape index (κ1) is 34.3. The summed E-state index contributed by atoms with van der Waals surface area (Å²) in [5, 5.41) is 13.3. The van der Waals surface area contributed by atoms with Gasteiger partial charge in [0.05, 0.1) is 38.7 Å². The number of furan rings is 1. The fourth-order valence-corrected chi connectivity index (χ4v) is 10.3. The van der Waals surface area contributed by atoms with Gasteiger partial charge in [0.25, 0.3) is 0 Å². The molecule has 0 spiro atoms. The van der Waals surface area contributed by atoms with Crippen LogP contribution in [0, 0.1) is 0 Å². The minimum Gasteiger partial charge on any atom is -0.456 e. The molecular formula is C57H35N5O. The zero-order chi connectivity index (χ0) is 41.2. The molecule has 1 N–H and O–H groups in total. The van der Waals surface area contributed by atoms with E-state index in [0.29, 0.717) is 5.84 Å². The number of aromatic nitrogens is 2. The molecule has 1 aliphatic heterocycles. The molecule has 0 bridgehead atoms. The van der Waals surface area contributed by atoms with Gasteiger partial charge in [0.2, 0.25) is 0 Å². The monoisotopic (exact) mass is 805 g/mol. The number of hydrogen-bond donors (Lipinski definition) is 1. The lowest BCUT2D eigenvalue weighted by atomic mass is 10.0. The minimum absolute atomic E-state index is 0.483. The van der Waals surface area contributed by atoms with Gasteiger partial charge >= 0.3 is 0 Å². The first-order valence-electron chi connectivity index (χ1n) is 21.4. The second-order valence-corrected chi connectivity index (χ2v) is 16.5. The molecule has 0 saturated carbocycles. The topological polar surface area (TPSA) is 59.2 Å². The van der Waals surface area contributed by atoms with Crippen LogP contribution < -0.4 is 5.32 Å². The van der Waals surface area contributed by atoms with Gasteiger partial charge < -0.3 is 18.7 Å². The molecular weight excluding hydrogens is 771 g/mol. The summed E-state index contributed by atoms with van der Waals surface area (Å²) in [5.74, 6) is 1.42. The molecule has 1 unspecified atom stereocenters. The predicted octanol–water partition coefficient (Wildman–Crippen LogP) is 14.0. The Labute approximate surface area is 360 Å². The van der Waals surface area contributed by atoms with Crippen molar-refractivity contribution in [3.8, 4) is 16.8 Å². The molecule has 13 aromatic rings. The molecule has 6 heteroatoms. The Balaban J connectivity index is 0.997. The smallest absolute Gasteiger partial charge is 0.159 e. The molecule has 1 atom stereocenters. The number of nitrogens with one attached hydrogen (secondary N) is 1. The van der Waals surface area contributed by atoms with Gasteiger partial charge in [0, 0.05) is 54.4 Å². The van der Waals surface area contributed by atoms with Gasteiger partial charge in [0.1, 0.15) is 17.0 Å². The predicted molar refractivity (Wildman–Crippen MR) is 260 cm³/mol. The summed E-state index contributed by atoms with van der Waals surface area (Å²) in [5.41, 5.74) is 13.8. The van der Waals surface area contributed by atoms with Crippen molar-refractivity contribution in [1.82, 2.24) is 14.3 Å². The van der Waals surface area contributed by atoms with Gasteiger partial charge in [-0.15, -0.1) is 0 Å². The molecule has 63 heavy (non-hydrogen) atoms. The normalized spacial score (nSPS) is 14.5. The second kappa shape index (κ2) is 13.0. The zero-order valence-electron chi connectivity index (χ0n) is 33.8. The van der Waals surface area contributed by atoms with E-state index in [2.05, 4.69) is 184 Å². The number of nitrogens with zero attached hydrogens (tertiary/aromatic N) is 4. The van der Waals surface area contributed by atoms with Gasteiger partial charge in [-0.05, 0) is 53.6 Å². The maximum Gasteiger partial charge on any atom is 0.159 e. The molecule has 9 aromatic carbocycles. The number of aliphatic imine (C=N–C) groups is 2. The van der Waals surface area contributed by atoms with Gasteiger partial charge in [-0.2, -0.15) is 0 Å². The van der Waals surface area contributed by atoms with Crippen LogP contribution in [0.5, 0.6) is 0 Å². The molecule has 294 valence electrons. The average molecular weight is 806 g/mol. The molecule has 0 fully saturated rings. The van der Waals surface area contributed by atoms with Gasteiger partial charge in [-0.25, -0.2) is 9.98 Å². The van der Waals surface area contributed by atoms with E-state index in [9.17, 15) is 0 Å². The molecule has 4 aromatic heterocycles. The Morgan fingerprint density at radius 2 is 1.05 bits per heavy atom. The Morgan fingerprint density at radius 3 is 1.84 bits per heavy atom. The SMILES string of the molecule is c1ccc(C2=NC(c3ccc(-n4c5ccccc5c5cc6c7cccc8c9ccccc9n(c6cc54)c87)c4c3oc3ccccc34)NC(c3ccc(-c4ccccc4)cc3)=N2)cc1. The van der Waals surface area contributed by atoms with E-state index in [-0.39, 0.29) is 0 Å². The van der Waals surface area contributed by atoms with E-state index >= 15 is 0 Å². The summed E-state index contributed by atoms with van der Waals surface area (Å²) in [6.45, 7) is 0. The third kappa shape index (κ3) is 4.94. The van der Waals surface area contributed by atoms with Crippen LogP contribution in [-0.2, 0) is 0 Å². The summed E-state index contributed by atoms with van der Waals surface area (Å²) >= 11 is 0. The van der Waals surface area contributed by atoms with E-state index in [0.717, 1.165) is 66.7 Å². The first-order valence-corrected chi connectivity index (χ1v) is 21.4. The van der Waals surface area contributed by atoms with Crippen molar-refractivity contribution in [2.24, 2.45) is 9.98 Å². The summed E-state index contributed by atoms with van der Waals surface area (Å²) in [7, 11) is 0. The highest BCUT2D eigenvalue weighted by Crippen LogP contribution is 2.45. The Hall–Kier alpha value is -8.48. The number of para-hydroxylation sites is 4. The first-order chi connectivity index (χ1) is 31.2. The molecule has 1 aliphatic rings. The molecule has 0 saturated heterocycles. The molecule has 0 aliphatic carbocycles. The van der Waals surface area contributed by atoms with Crippen LogP contribution in [0.25, 0.3) is 98.7 Å². The Bertz CT molecular complexity index is 4040. The summed E-state index contributed by atoms with van der Waals surface area (Å²) in [6, 6.07) is 71.2. The largest absolute Gasteiger partial charge is 0.456 e. The zero-order valence-corrected chi connectivity index (χ0v) is 33.8. The highest BCUT2D eigenvalue weighted by molar-refractivity contribution is 6.26. The van der Waals surface area contributed by atoms with Gasteiger partial charge in [-0.1, -0.05) is 158 Å². The fourth-order valence-electron chi connectivity index (χ4n) is 10.3. The van der Waals surface area contributed by atoms with Crippen LogP contribution in [0.1, 0.15) is 22.9 Å². The molecule has 14 rings (SSSR count). The molecule has 0 radical (unpaired) electrons. The lowest BCUT2D eigenvalue weighted by Gasteiger charge is -2.24. The quantitative estimate of drug-likeness (QED) is 0.188. The van der Waals surface area contributed by atoms with Crippen LogP contribution >= 0.6 is 0 Å². The number of fused-ring (bicyclic) bond motifs is 12. The summed E-state index contributed by atoms with van der Waals surface area (Å²) < 4.78 is 11.9. The summed E-state index contributed by atoms with van der Waals surface area (Å²) in [4.78, 5) is 10.5. The van der Waals surface area contributed by atoms with Crippen LogP contribution in [0.4, 0.5) is 0 Å². The highest BCUT2D eigenvalue weighted by atomic mass is 16.3. The van der Waals surface area contributed by atoms with Crippen molar-refractivity contribution in [3.63, 3.8) is 0 Å². The van der Waals surface area contributed by atoms with Gasteiger partial charge in [-0.3, -0.25) is 0 Å². The van der Waals surface area contributed by atoms with Crippen LogP contribution in [0.15, 0.2) is 215 Å². The number of amidine groups is 2. The lowest BCUT2D eigenvalue weighted by molar-refractivity contribution is 0.628. The number of benzene rings is 9. The highest BCUT2D eigenvalue weighted by Gasteiger charge is 2.28. The Kier molecular flexibility index (Phi) is 7.07. The van der Waals surface area contributed by atoms with Crippen molar-refractivity contribution in [1.29, 1.82) is 0 Å².